The van der Waals surface area contributed by atoms with E-state index >= 15 is 0 Å². The van der Waals surface area contributed by atoms with Gasteiger partial charge in [-0.2, -0.15) is 0 Å². The van der Waals surface area contributed by atoms with Gasteiger partial charge in [-0.1, -0.05) is 53.5 Å². The van der Waals surface area contributed by atoms with Gasteiger partial charge in [0.2, 0.25) is 0 Å². The van der Waals surface area contributed by atoms with E-state index in [1.54, 1.807) is 13.1 Å². The molecule has 1 atom stereocenters. The van der Waals surface area contributed by atoms with Crippen LogP contribution in [0.3, 0.4) is 0 Å². The number of nitrogens with zero attached hydrogens (tertiary/aromatic N) is 1. The number of carbonyl (C=O) groups is 1. The van der Waals surface area contributed by atoms with Gasteiger partial charge in [-0.15, -0.1) is 11.3 Å². The second-order valence-corrected chi connectivity index (χ2v) is 8.23. The molecule has 0 aliphatic carbocycles. The molecule has 0 saturated carbocycles. The van der Waals surface area contributed by atoms with E-state index in [-0.39, 0.29) is 11.9 Å². The first-order chi connectivity index (χ1) is 12.9. The number of guanidine groups is 1. The Morgan fingerprint density at radius 1 is 1.04 bits per heavy atom. The zero-order valence-electron chi connectivity index (χ0n) is 14.3. The summed E-state index contributed by atoms with van der Waals surface area (Å²) < 4.78 is 0. The minimum atomic E-state index is -1.11. The summed E-state index contributed by atoms with van der Waals surface area (Å²) in [4.78, 5) is 16.3. The van der Waals surface area contributed by atoms with E-state index in [0.717, 1.165) is 20.9 Å². The van der Waals surface area contributed by atoms with Crippen molar-refractivity contribution in [3.05, 3.63) is 81.1 Å². The van der Waals surface area contributed by atoms with Crippen molar-refractivity contribution in [2.24, 2.45) is 0 Å². The van der Waals surface area contributed by atoms with Crippen LogP contribution in [-0.2, 0) is 10.3 Å². The first-order valence-corrected chi connectivity index (χ1v) is 9.76. The summed E-state index contributed by atoms with van der Waals surface area (Å²) in [5.41, 5.74) is 0.570. The highest BCUT2D eigenvalue weighted by Gasteiger charge is 2.51. The van der Waals surface area contributed by atoms with Crippen LogP contribution in [0.25, 0.3) is 10.4 Å². The third-order valence-corrected chi connectivity index (χ3v) is 6.29. The lowest BCUT2D eigenvalue weighted by Crippen LogP contribution is -2.44. The number of benzene rings is 2. The molecule has 2 heterocycles. The van der Waals surface area contributed by atoms with E-state index in [0.29, 0.717) is 10.0 Å². The van der Waals surface area contributed by atoms with Gasteiger partial charge in [0.05, 0.1) is 0 Å². The second-order valence-electron chi connectivity index (χ2n) is 6.28. The number of thiophene rings is 1. The van der Waals surface area contributed by atoms with Crippen LogP contribution in [0.15, 0.2) is 60.7 Å². The van der Waals surface area contributed by atoms with Gasteiger partial charge in [-0.25, -0.2) is 0 Å². The highest BCUT2D eigenvalue weighted by Crippen LogP contribution is 2.42. The number of nitrogens with one attached hydrogen (secondary N) is 2. The van der Waals surface area contributed by atoms with Crippen LogP contribution in [-0.4, -0.2) is 23.8 Å². The quantitative estimate of drug-likeness (QED) is 0.634. The lowest BCUT2D eigenvalue weighted by Gasteiger charge is -2.26. The summed E-state index contributed by atoms with van der Waals surface area (Å²) in [5.74, 6) is -0.110. The summed E-state index contributed by atoms with van der Waals surface area (Å²) in [7, 11) is 1.60. The summed E-state index contributed by atoms with van der Waals surface area (Å²) >= 11 is 13.8. The molecule has 1 aliphatic heterocycles. The van der Waals surface area contributed by atoms with E-state index in [1.807, 2.05) is 54.6 Å². The van der Waals surface area contributed by atoms with Crippen LogP contribution in [0.5, 0.6) is 0 Å². The Hall–Kier alpha value is -2.34. The van der Waals surface area contributed by atoms with E-state index in [9.17, 15) is 4.79 Å². The molecular weight excluding hydrogens is 401 g/mol. The molecule has 4 nitrogen and oxygen atoms in total. The molecule has 4 rings (SSSR count). The lowest BCUT2D eigenvalue weighted by molar-refractivity contribution is -0.129. The maximum absolute atomic E-state index is 13.2. The summed E-state index contributed by atoms with van der Waals surface area (Å²) in [6, 6.07) is 18.7. The van der Waals surface area contributed by atoms with Crippen LogP contribution in [0.1, 0.15) is 10.4 Å². The Labute approximate surface area is 170 Å². The van der Waals surface area contributed by atoms with Crippen molar-refractivity contribution >= 4 is 46.4 Å². The predicted molar refractivity (Wildman–Crippen MR) is 111 cm³/mol. The minimum absolute atomic E-state index is 0.0737. The number of amides is 1. The fourth-order valence-corrected chi connectivity index (χ4v) is 4.93. The van der Waals surface area contributed by atoms with E-state index in [2.05, 4.69) is 5.32 Å². The van der Waals surface area contributed by atoms with Crippen molar-refractivity contribution in [3.63, 3.8) is 0 Å². The molecule has 1 amide bonds. The molecule has 27 heavy (non-hydrogen) atoms. The molecule has 7 heteroatoms. The van der Waals surface area contributed by atoms with Gasteiger partial charge >= 0.3 is 0 Å². The molecular formula is C20H15Cl2N3OS. The molecule has 1 aromatic heterocycles. The molecule has 1 unspecified atom stereocenters. The van der Waals surface area contributed by atoms with Gasteiger partial charge in [0.1, 0.15) is 0 Å². The number of carbonyl (C=O) groups excluding carboxylic acids is 1. The average molecular weight is 416 g/mol. The fourth-order valence-electron chi connectivity index (χ4n) is 3.25. The summed E-state index contributed by atoms with van der Waals surface area (Å²) in [6.07, 6.45) is 0. The molecule has 2 aromatic carbocycles. The number of rotatable bonds is 3. The average Bonchev–Trinajstić information content (AvgIpc) is 3.22. The van der Waals surface area contributed by atoms with Crippen molar-refractivity contribution in [2.45, 2.75) is 5.54 Å². The Morgan fingerprint density at radius 2 is 1.70 bits per heavy atom. The largest absolute Gasteiger partial charge is 0.334 e. The molecule has 136 valence electrons. The van der Waals surface area contributed by atoms with Crippen molar-refractivity contribution in [1.82, 2.24) is 10.2 Å². The Bertz CT molecular complexity index is 1030. The third-order valence-electron chi connectivity index (χ3n) is 4.60. The number of hydrogen-bond donors (Lipinski definition) is 2. The maximum atomic E-state index is 13.2. The topological polar surface area (TPSA) is 56.2 Å². The van der Waals surface area contributed by atoms with Gasteiger partial charge in [-0.05, 0) is 41.5 Å². The van der Waals surface area contributed by atoms with Crippen molar-refractivity contribution in [3.8, 4) is 10.4 Å². The number of halogens is 2. The zero-order chi connectivity index (χ0) is 19.2. The van der Waals surface area contributed by atoms with Gasteiger partial charge in [0.25, 0.3) is 5.91 Å². The SMILES string of the molecule is CN1C(=N)NC(c2ccccc2)(c2ccc(-c3cc(Cl)cc(Cl)c3)s2)C1=O. The maximum Gasteiger partial charge on any atom is 0.265 e. The monoisotopic (exact) mass is 415 g/mol. The van der Waals surface area contributed by atoms with E-state index < -0.39 is 5.54 Å². The fraction of sp³-hybridized carbons (Fsp3) is 0.100. The number of hydrogen-bond acceptors (Lipinski definition) is 3. The first-order valence-electron chi connectivity index (χ1n) is 8.19. The Morgan fingerprint density at radius 3 is 2.30 bits per heavy atom. The smallest absolute Gasteiger partial charge is 0.265 e. The second kappa shape index (κ2) is 6.68. The van der Waals surface area contributed by atoms with Crippen molar-refractivity contribution < 1.29 is 4.79 Å². The zero-order valence-corrected chi connectivity index (χ0v) is 16.6. The normalized spacial score (nSPS) is 19.4. The predicted octanol–water partition coefficient (Wildman–Crippen LogP) is 4.96. The molecule has 0 bridgehead atoms. The van der Waals surface area contributed by atoms with Gasteiger partial charge in [0.15, 0.2) is 11.5 Å². The third kappa shape index (κ3) is 2.92. The van der Waals surface area contributed by atoms with E-state index in [4.69, 9.17) is 28.6 Å². The minimum Gasteiger partial charge on any atom is -0.334 e. The van der Waals surface area contributed by atoms with Gasteiger partial charge in [-0.3, -0.25) is 15.1 Å². The Kier molecular flexibility index (Phi) is 4.46. The molecule has 1 aliphatic rings. The summed E-state index contributed by atoms with van der Waals surface area (Å²) in [6.45, 7) is 0. The van der Waals surface area contributed by atoms with Crippen LogP contribution >= 0.6 is 34.5 Å². The molecule has 1 saturated heterocycles. The lowest BCUT2D eigenvalue weighted by atomic mass is 9.88. The van der Waals surface area contributed by atoms with Crippen LogP contribution in [0.4, 0.5) is 0 Å². The van der Waals surface area contributed by atoms with Crippen LogP contribution in [0.2, 0.25) is 10.0 Å². The molecule has 0 spiro atoms. The van der Waals surface area contributed by atoms with Crippen LogP contribution < -0.4 is 5.32 Å². The standard InChI is InChI=1S/C20H15Cl2N3OS/c1-25-18(26)20(24-19(25)23,13-5-3-2-4-6-13)17-8-7-16(27-17)12-9-14(21)11-15(22)10-12/h2-11H,1H3,(H2,23,24). The van der Waals surface area contributed by atoms with Crippen molar-refractivity contribution in [1.29, 1.82) is 5.41 Å². The Balaban J connectivity index is 1.87. The van der Waals surface area contributed by atoms with Gasteiger partial charge < -0.3 is 5.32 Å². The highest BCUT2D eigenvalue weighted by molar-refractivity contribution is 7.15. The van der Waals surface area contributed by atoms with Crippen molar-refractivity contribution in [2.75, 3.05) is 7.05 Å². The van der Waals surface area contributed by atoms with E-state index in [1.165, 1.54) is 16.2 Å². The molecule has 1 fully saturated rings. The molecule has 2 N–H and O–H groups in total. The molecule has 3 aromatic rings. The number of likely N-dealkylation sites (N-methyl/N-ethyl adjacent to an activating group) is 1. The van der Waals surface area contributed by atoms with Crippen LogP contribution in [0, 0.1) is 5.41 Å². The van der Waals surface area contributed by atoms with Gasteiger partial charge in [0, 0.05) is 26.8 Å². The first kappa shape index (κ1) is 18.0. The summed E-state index contributed by atoms with van der Waals surface area (Å²) in [5, 5.41) is 12.3. The molecule has 0 radical (unpaired) electrons. The highest BCUT2D eigenvalue weighted by atomic mass is 35.5.